The Kier molecular flexibility index (Phi) is 3.75. The maximum Gasteiger partial charge on any atom is 0.305 e. The van der Waals surface area contributed by atoms with Gasteiger partial charge in [0.05, 0.1) is 11.9 Å². The minimum atomic E-state index is -0.917. The van der Waals surface area contributed by atoms with Crippen LogP contribution in [0.25, 0.3) is 10.9 Å². The number of rotatable bonds is 4. The Bertz CT molecular complexity index is 620. The molecule has 98 valence electrons. The molecule has 0 aliphatic rings. The summed E-state index contributed by atoms with van der Waals surface area (Å²) in [5.74, 6) is -1.11. The van der Waals surface area contributed by atoms with Crippen LogP contribution in [0.4, 0.5) is 0 Å². The molecule has 1 N–H and O–H groups in total. The first-order valence-corrected chi connectivity index (χ1v) is 5.90. The van der Waals surface area contributed by atoms with Gasteiger partial charge in [-0.15, -0.1) is 0 Å². The van der Waals surface area contributed by atoms with Crippen molar-refractivity contribution in [2.45, 2.75) is 6.42 Å². The van der Waals surface area contributed by atoms with Gasteiger partial charge >= 0.3 is 5.97 Å². The first kappa shape index (κ1) is 13.0. The lowest BCUT2D eigenvalue weighted by Crippen LogP contribution is -2.29. The van der Waals surface area contributed by atoms with Crippen LogP contribution in [0.2, 0.25) is 0 Å². The van der Waals surface area contributed by atoms with Crippen LogP contribution in [0, 0.1) is 0 Å². The largest absolute Gasteiger partial charge is 0.481 e. The van der Waals surface area contributed by atoms with Crippen molar-refractivity contribution in [3.05, 3.63) is 42.1 Å². The van der Waals surface area contributed by atoms with E-state index in [1.54, 1.807) is 31.4 Å². The van der Waals surface area contributed by atoms with Crippen LogP contribution in [-0.2, 0) is 4.79 Å². The lowest BCUT2D eigenvalue weighted by atomic mass is 10.1. The molecule has 2 rings (SSSR count). The number of nitrogens with zero attached hydrogens (tertiary/aromatic N) is 2. The van der Waals surface area contributed by atoms with Gasteiger partial charge in [-0.25, -0.2) is 0 Å². The minimum Gasteiger partial charge on any atom is -0.481 e. The highest BCUT2D eigenvalue weighted by atomic mass is 16.4. The van der Waals surface area contributed by atoms with Gasteiger partial charge in [-0.05, 0) is 18.2 Å². The van der Waals surface area contributed by atoms with Crippen molar-refractivity contribution >= 4 is 22.8 Å². The molecule has 0 saturated heterocycles. The molecule has 0 saturated carbocycles. The summed E-state index contributed by atoms with van der Waals surface area (Å²) in [7, 11) is 1.60. The standard InChI is InChI=1S/C14H14N2O3/c1-16(9-7-13(17)18)14(19)11-4-2-6-12-10(11)5-3-8-15-12/h2-6,8H,7,9H2,1H3,(H,17,18). The fraction of sp³-hybridized carbons (Fsp3) is 0.214. The first-order valence-electron chi connectivity index (χ1n) is 5.90. The Labute approximate surface area is 110 Å². The second kappa shape index (κ2) is 5.48. The van der Waals surface area contributed by atoms with Crippen molar-refractivity contribution in [3.63, 3.8) is 0 Å². The Morgan fingerprint density at radius 2 is 2.05 bits per heavy atom. The van der Waals surface area contributed by atoms with E-state index in [9.17, 15) is 9.59 Å². The lowest BCUT2D eigenvalue weighted by molar-refractivity contribution is -0.137. The number of carbonyl (C=O) groups excluding carboxylic acids is 1. The van der Waals surface area contributed by atoms with E-state index in [1.807, 2.05) is 12.1 Å². The van der Waals surface area contributed by atoms with Crippen LogP contribution in [0.15, 0.2) is 36.5 Å². The molecule has 0 aliphatic carbocycles. The van der Waals surface area contributed by atoms with Crippen LogP contribution in [0.3, 0.4) is 0 Å². The van der Waals surface area contributed by atoms with Crippen molar-refractivity contribution < 1.29 is 14.7 Å². The quantitative estimate of drug-likeness (QED) is 0.907. The summed E-state index contributed by atoms with van der Waals surface area (Å²) < 4.78 is 0. The number of carboxylic acid groups (broad SMARTS) is 1. The third-order valence-electron chi connectivity index (χ3n) is 2.88. The topological polar surface area (TPSA) is 70.5 Å². The molecule has 1 amide bonds. The molecule has 5 heteroatoms. The molecule has 1 aromatic carbocycles. The Morgan fingerprint density at radius 1 is 1.26 bits per heavy atom. The minimum absolute atomic E-state index is 0.0642. The van der Waals surface area contributed by atoms with Gasteiger partial charge in [0.2, 0.25) is 0 Å². The molecule has 0 aliphatic heterocycles. The van der Waals surface area contributed by atoms with E-state index in [0.29, 0.717) is 5.56 Å². The van der Waals surface area contributed by atoms with Crippen molar-refractivity contribution in [3.8, 4) is 0 Å². The Hall–Kier alpha value is -2.43. The van der Waals surface area contributed by atoms with Gasteiger partial charge < -0.3 is 10.0 Å². The number of aromatic nitrogens is 1. The number of aliphatic carboxylic acids is 1. The molecule has 5 nitrogen and oxygen atoms in total. The highest BCUT2D eigenvalue weighted by Gasteiger charge is 2.15. The van der Waals surface area contributed by atoms with E-state index in [2.05, 4.69) is 4.98 Å². The van der Waals surface area contributed by atoms with E-state index in [1.165, 1.54) is 4.90 Å². The molecule has 1 heterocycles. The predicted octanol–water partition coefficient (Wildman–Crippen LogP) is 1.78. The number of carboxylic acids is 1. The van der Waals surface area contributed by atoms with E-state index in [-0.39, 0.29) is 18.9 Å². The fourth-order valence-corrected chi connectivity index (χ4v) is 1.86. The van der Waals surface area contributed by atoms with Crippen molar-refractivity contribution in [2.24, 2.45) is 0 Å². The highest BCUT2D eigenvalue weighted by Crippen LogP contribution is 2.17. The monoisotopic (exact) mass is 258 g/mol. The second-order valence-corrected chi connectivity index (χ2v) is 4.25. The molecule has 0 atom stereocenters. The van der Waals surface area contributed by atoms with E-state index < -0.39 is 5.97 Å². The molecule has 19 heavy (non-hydrogen) atoms. The van der Waals surface area contributed by atoms with Crippen LogP contribution < -0.4 is 0 Å². The highest BCUT2D eigenvalue weighted by molar-refractivity contribution is 6.06. The van der Waals surface area contributed by atoms with Gasteiger partial charge in [0.25, 0.3) is 5.91 Å². The van der Waals surface area contributed by atoms with Crippen molar-refractivity contribution in [1.82, 2.24) is 9.88 Å². The van der Waals surface area contributed by atoms with Crippen molar-refractivity contribution in [1.29, 1.82) is 0 Å². The first-order chi connectivity index (χ1) is 9.09. The molecule has 0 fully saturated rings. The summed E-state index contributed by atoms with van der Waals surface area (Å²) in [6, 6.07) is 8.94. The summed E-state index contributed by atoms with van der Waals surface area (Å²) in [4.78, 5) is 28.4. The number of hydrogen-bond donors (Lipinski definition) is 1. The van der Waals surface area contributed by atoms with E-state index >= 15 is 0 Å². The number of fused-ring (bicyclic) bond motifs is 1. The molecule has 2 aromatic rings. The lowest BCUT2D eigenvalue weighted by Gasteiger charge is -2.17. The second-order valence-electron chi connectivity index (χ2n) is 4.25. The summed E-state index contributed by atoms with van der Waals surface area (Å²) in [5, 5.41) is 9.41. The number of hydrogen-bond acceptors (Lipinski definition) is 3. The zero-order chi connectivity index (χ0) is 13.8. The average Bonchev–Trinajstić information content (AvgIpc) is 2.43. The van der Waals surface area contributed by atoms with Crippen LogP contribution in [0.1, 0.15) is 16.8 Å². The zero-order valence-electron chi connectivity index (χ0n) is 10.5. The maximum absolute atomic E-state index is 12.3. The molecule has 0 unspecified atom stereocenters. The number of amides is 1. The van der Waals surface area contributed by atoms with Crippen molar-refractivity contribution in [2.75, 3.05) is 13.6 Å². The predicted molar refractivity (Wildman–Crippen MR) is 71.0 cm³/mol. The van der Waals surface area contributed by atoms with Gasteiger partial charge in [-0.2, -0.15) is 0 Å². The normalized spacial score (nSPS) is 10.4. The average molecular weight is 258 g/mol. The number of pyridine rings is 1. The van der Waals surface area contributed by atoms with Gasteiger partial charge in [0.1, 0.15) is 0 Å². The SMILES string of the molecule is CN(CCC(=O)O)C(=O)c1cccc2ncccc12. The molecule has 0 radical (unpaired) electrons. The Balaban J connectivity index is 2.28. The van der Waals surface area contributed by atoms with E-state index in [4.69, 9.17) is 5.11 Å². The smallest absolute Gasteiger partial charge is 0.305 e. The van der Waals surface area contributed by atoms with E-state index in [0.717, 1.165) is 10.9 Å². The summed E-state index contributed by atoms with van der Waals surface area (Å²) >= 11 is 0. The Morgan fingerprint density at radius 3 is 2.79 bits per heavy atom. The number of carbonyl (C=O) groups is 2. The third kappa shape index (κ3) is 2.88. The maximum atomic E-state index is 12.3. The summed E-state index contributed by atoms with van der Waals surface area (Å²) in [5.41, 5.74) is 1.29. The molecule has 0 bridgehead atoms. The van der Waals surface area contributed by atoms with Gasteiger partial charge in [-0.1, -0.05) is 12.1 Å². The molecule has 0 spiro atoms. The van der Waals surface area contributed by atoms with Gasteiger partial charge in [-0.3, -0.25) is 14.6 Å². The van der Waals surface area contributed by atoms with Gasteiger partial charge in [0.15, 0.2) is 0 Å². The van der Waals surface area contributed by atoms with Crippen LogP contribution in [0.5, 0.6) is 0 Å². The summed E-state index contributed by atoms with van der Waals surface area (Å²) in [6.45, 7) is 0.185. The molecule has 1 aromatic heterocycles. The third-order valence-corrected chi connectivity index (χ3v) is 2.88. The van der Waals surface area contributed by atoms with Crippen LogP contribution >= 0.6 is 0 Å². The summed E-state index contributed by atoms with van der Waals surface area (Å²) in [6.07, 6.45) is 1.61. The van der Waals surface area contributed by atoms with Gasteiger partial charge in [0, 0.05) is 30.7 Å². The fourth-order valence-electron chi connectivity index (χ4n) is 1.86. The zero-order valence-corrected chi connectivity index (χ0v) is 10.5. The molecular formula is C14H14N2O3. The van der Waals surface area contributed by atoms with Crippen LogP contribution in [-0.4, -0.2) is 40.5 Å². The molecular weight excluding hydrogens is 244 g/mol. The number of benzene rings is 1.